The number of aliphatic hydroxyl groups excluding tert-OH is 1. The van der Waals surface area contributed by atoms with Crippen LogP contribution in [0.25, 0.3) is 0 Å². The molecule has 20 heavy (non-hydrogen) atoms. The number of nitrogens with one attached hydrogen (secondary N) is 2. The van der Waals surface area contributed by atoms with Gasteiger partial charge in [-0.05, 0) is 25.8 Å². The third-order valence-corrected chi connectivity index (χ3v) is 3.69. The lowest BCUT2D eigenvalue weighted by Crippen LogP contribution is -2.33. The molecule has 1 aliphatic rings. The summed E-state index contributed by atoms with van der Waals surface area (Å²) >= 11 is 0. The summed E-state index contributed by atoms with van der Waals surface area (Å²) in [6, 6.07) is 0.0697. The van der Waals surface area contributed by atoms with Gasteiger partial charge in [0.15, 0.2) is 0 Å². The standard InChI is InChI=1S/C14H24N4O2/c1-2-15-7-6-14(20)17-12-4-3-5-13-11(12)10-16-18(13)8-9-19/h10,12,15,19H,2-9H2,1H3,(H,17,20). The Labute approximate surface area is 119 Å². The molecule has 0 bridgehead atoms. The molecule has 1 unspecified atom stereocenters. The molecule has 6 heteroatoms. The van der Waals surface area contributed by atoms with E-state index in [1.165, 1.54) is 0 Å². The zero-order valence-electron chi connectivity index (χ0n) is 12.1. The summed E-state index contributed by atoms with van der Waals surface area (Å²) in [4.78, 5) is 11.9. The van der Waals surface area contributed by atoms with E-state index in [0.29, 0.717) is 19.5 Å². The molecular formula is C14H24N4O2. The molecule has 1 aromatic heterocycles. The first-order chi connectivity index (χ1) is 9.76. The monoisotopic (exact) mass is 280 g/mol. The smallest absolute Gasteiger partial charge is 0.221 e. The highest BCUT2D eigenvalue weighted by molar-refractivity contribution is 5.76. The zero-order chi connectivity index (χ0) is 14.4. The van der Waals surface area contributed by atoms with Crippen molar-refractivity contribution < 1.29 is 9.90 Å². The lowest BCUT2D eigenvalue weighted by atomic mass is 9.93. The van der Waals surface area contributed by atoms with Crippen LogP contribution in [0.5, 0.6) is 0 Å². The van der Waals surface area contributed by atoms with E-state index in [2.05, 4.69) is 15.7 Å². The number of hydrogen-bond donors (Lipinski definition) is 3. The third kappa shape index (κ3) is 3.58. The highest BCUT2D eigenvalue weighted by Gasteiger charge is 2.25. The van der Waals surface area contributed by atoms with Gasteiger partial charge in [0, 0.05) is 24.2 Å². The van der Waals surface area contributed by atoms with Crippen LogP contribution in [-0.2, 0) is 17.8 Å². The van der Waals surface area contributed by atoms with Crippen molar-refractivity contribution in [3.8, 4) is 0 Å². The van der Waals surface area contributed by atoms with Gasteiger partial charge in [0.05, 0.1) is 25.4 Å². The molecule has 1 aromatic rings. The molecule has 1 atom stereocenters. The molecule has 0 fully saturated rings. The summed E-state index contributed by atoms with van der Waals surface area (Å²) in [5, 5.41) is 19.6. The second-order valence-corrected chi connectivity index (χ2v) is 5.11. The fraction of sp³-hybridized carbons (Fsp3) is 0.714. The van der Waals surface area contributed by atoms with Crippen LogP contribution in [0.4, 0.5) is 0 Å². The van der Waals surface area contributed by atoms with Crippen LogP contribution in [0.1, 0.15) is 43.5 Å². The van der Waals surface area contributed by atoms with Crippen molar-refractivity contribution in [2.75, 3.05) is 19.7 Å². The average molecular weight is 280 g/mol. The molecule has 0 saturated heterocycles. The molecule has 0 saturated carbocycles. The minimum atomic E-state index is 0.0697. The van der Waals surface area contributed by atoms with Crippen LogP contribution in [0.2, 0.25) is 0 Å². The van der Waals surface area contributed by atoms with Crippen LogP contribution in [0.15, 0.2) is 6.20 Å². The molecule has 1 amide bonds. The summed E-state index contributed by atoms with van der Waals surface area (Å²) in [6.45, 7) is 4.24. The maximum atomic E-state index is 11.9. The van der Waals surface area contributed by atoms with Crippen LogP contribution in [0.3, 0.4) is 0 Å². The molecule has 1 aliphatic carbocycles. The number of aromatic nitrogens is 2. The van der Waals surface area contributed by atoms with Gasteiger partial charge in [0.2, 0.25) is 5.91 Å². The minimum absolute atomic E-state index is 0.0697. The quantitative estimate of drug-likeness (QED) is 0.630. The van der Waals surface area contributed by atoms with Crippen LogP contribution in [-0.4, -0.2) is 40.5 Å². The third-order valence-electron chi connectivity index (χ3n) is 3.69. The molecule has 2 rings (SSSR count). The molecule has 112 valence electrons. The number of nitrogens with zero attached hydrogens (tertiary/aromatic N) is 2. The molecular weight excluding hydrogens is 256 g/mol. The molecule has 0 aromatic carbocycles. The molecule has 6 nitrogen and oxygen atoms in total. The second kappa shape index (κ2) is 7.40. The maximum Gasteiger partial charge on any atom is 0.221 e. The molecule has 1 heterocycles. The predicted octanol–water partition coefficient (Wildman–Crippen LogP) is 0.369. The summed E-state index contributed by atoms with van der Waals surface area (Å²) in [5.74, 6) is 0.0821. The number of fused-ring (bicyclic) bond motifs is 1. The lowest BCUT2D eigenvalue weighted by Gasteiger charge is -2.24. The Balaban J connectivity index is 1.96. The Morgan fingerprint density at radius 3 is 3.20 bits per heavy atom. The molecule has 0 spiro atoms. The molecule has 0 aliphatic heterocycles. The van der Waals surface area contributed by atoms with Gasteiger partial charge in [-0.1, -0.05) is 6.92 Å². The number of carbonyl (C=O) groups excluding carboxylic acids is 1. The summed E-state index contributed by atoms with van der Waals surface area (Å²) in [5.41, 5.74) is 2.27. The van der Waals surface area contributed by atoms with Gasteiger partial charge in [0.1, 0.15) is 0 Å². The summed E-state index contributed by atoms with van der Waals surface area (Å²) < 4.78 is 1.85. The van der Waals surface area contributed by atoms with Crippen LogP contribution >= 0.6 is 0 Å². The Kier molecular flexibility index (Phi) is 5.55. The van der Waals surface area contributed by atoms with Crippen molar-refractivity contribution in [2.24, 2.45) is 0 Å². The molecule has 0 radical (unpaired) electrons. The summed E-state index contributed by atoms with van der Waals surface area (Å²) in [6.07, 6.45) is 5.32. The van der Waals surface area contributed by atoms with Gasteiger partial charge in [-0.2, -0.15) is 5.10 Å². The number of aliphatic hydroxyl groups is 1. The molecule has 3 N–H and O–H groups in total. The van der Waals surface area contributed by atoms with Crippen LogP contribution < -0.4 is 10.6 Å². The number of rotatable bonds is 7. The topological polar surface area (TPSA) is 79.2 Å². The first-order valence-corrected chi connectivity index (χ1v) is 7.41. The first-order valence-electron chi connectivity index (χ1n) is 7.41. The highest BCUT2D eigenvalue weighted by Crippen LogP contribution is 2.29. The zero-order valence-corrected chi connectivity index (χ0v) is 12.1. The van der Waals surface area contributed by atoms with E-state index >= 15 is 0 Å². The Morgan fingerprint density at radius 2 is 2.45 bits per heavy atom. The maximum absolute atomic E-state index is 11.9. The van der Waals surface area contributed by atoms with E-state index in [-0.39, 0.29) is 18.6 Å². The highest BCUT2D eigenvalue weighted by atomic mass is 16.3. The van der Waals surface area contributed by atoms with Crippen molar-refractivity contribution in [3.05, 3.63) is 17.5 Å². The van der Waals surface area contributed by atoms with Gasteiger partial charge < -0.3 is 15.7 Å². The number of hydrogen-bond acceptors (Lipinski definition) is 4. The van der Waals surface area contributed by atoms with Crippen molar-refractivity contribution in [2.45, 2.75) is 45.2 Å². The average Bonchev–Trinajstić information content (AvgIpc) is 2.84. The van der Waals surface area contributed by atoms with E-state index in [1.807, 2.05) is 17.8 Å². The van der Waals surface area contributed by atoms with E-state index in [9.17, 15) is 4.79 Å². The Hall–Kier alpha value is -1.40. The minimum Gasteiger partial charge on any atom is -0.394 e. The second-order valence-electron chi connectivity index (χ2n) is 5.11. The fourth-order valence-electron chi connectivity index (χ4n) is 2.70. The van der Waals surface area contributed by atoms with Crippen molar-refractivity contribution in [1.82, 2.24) is 20.4 Å². The van der Waals surface area contributed by atoms with E-state index in [4.69, 9.17) is 5.11 Å². The summed E-state index contributed by atoms with van der Waals surface area (Å²) in [7, 11) is 0. The van der Waals surface area contributed by atoms with E-state index < -0.39 is 0 Å². The van der Waals surface area contributed by atoms with Crippen molar-refractivity contribution in [1.29, 1.82) is 0 Å². The fourth-order valence-corrected chi connectivity index (χ4v) is 2.70. The van der Waals surface area contributed by atoms with E-state index in [1.54, 1.807) is 0 Å². The van der Waals surface area contributed by atoms with Gasteiger partial charge in [-0.15, -0.1) is 0 Å². The number of carbonyl (C=O) groups is 1. The lowest BCUT2D eigenvalue weighted by molar-refractivity contribution is -0.121. The Morgan fingerprint density at radius 1 is 1.60 bits per heavy atom. The normalized spacial score (nSPS) is 17.8. The van der Waals surface area contributed by atoms with Gasteiger partial charge in [-0.25, -0.2) is 0 Å². The predicted molar refractivity (Wildman–Crippen MR) is 76.3 cm³/mol. The van der Waals surface area contributed by atoms with Gasteiger partial charge >= 0.3 is 0 Å². The first kappa shape index (κ1) is 15.0. The largest absolute Gasteiger partial charge is 0.394 e. The van der Waals surface area contributed by atoms with Crippen molar-refractivity contribution >= 4 is 5.91 Å². The van der Waals surface area contributed by atoms with Crippen molar-refractivity contribution in [3.63, 3.8) is 0 Å². The Bertz CT molecular complexity index is 444. The SMILES string of the molecule is CCNCCC(=O)NC1CCCc2c1cnn2CCO. The number of amides is 1. The van der Waals surface area contributed by atoms with Crippen LogP contribution in [0, 0.1) is 0 Å². The van der Waals surface area contributed by atoms with Gasteiger partial charge in [0.25, 0.3) is 0 Å². The van der Waals surface area contributed by atoms with E-state index in [0.717, 1.165) is 37.1 Å². The van der Waals surface area contributed by atoms with Gasteiger partial charge in [-0.3, -0.25) is 9.48 Å².